The van der Waals surface area contributed by atoms with Gasteiger partial charge in [0.15, 0.2) is 13.2 Å². The maximum absolute atomic E-state index is 12.2. The van der Waals surface area contributed by atoms with Gasteiger partial charge >= 0.3 is 24.3 Å². The Kier molecular flexibility index (Phi) is 5.72. The zero-order chi connectivity index (χ0) is 20.8. The summed E-state index contributed by atoms with van der Waals surface area (Å²) < 4.78 is 115. The van der Waals surface area contributed by atoms with Crippen molar-refractivity contribution in [2.24, 2.45) is 23.7 Å². The molecule has 5 unspecified atom stereocenters. The quantitative estimate of drug-likeness (QED) is 0.370. The molecule has 0 aromatic carbocycles. The summed E-state index contributed by atoms with van der Waals surface area (Å²) in [6.45, 7) is -4.01. The Morgan fingerprint density at radius 1 is 0.889 bits per heavy atom. The highest BCUT2D eigenvalue weighted by Crippen LogP contribution is 2.55. The maximum atomic E-state index is 12.2. The summed E-state index contributed by atoms with van der Waals surface area (Å²) in [5.74, 6) is -8.86. The van der Waals surface area contributed by atoms with E-state index in [0.29, 0.717) is 0 Å². The molecular weight excluding hydrogens is 414 g/mol. The zero-order valence-corrected chi connectivity index (χ0v) is 14.1. The van der Waals surface area contributed by atoms with E-state index in [1.165, 1.54) is 0 Å². The number of fused-ring (bicyclic) bond motifs is 2. The number of hydrogen-bond donors (Lipinski definition) is 0. The molecule has 0 amide bonds. The lowest BCUT2D eigenvalue weighted by Crippen LogP contribution is -2.45. The van der Waals surface area contributed by atoms with E-state index in [0.717, 1.165) is 0 Å². The molecule has 14 heteroatoms. The summed E-state index contributed by atoms with van der Waals surface area (Å²) in [7, 11) is -4.94. The highest BCUT2D eigenvalue weighted by atomic mass is 32.2. The normalized spacial score (nSPS) is 31.0. The highest BCUT2D eigenvalue weighted by Gasteiger charge is 2.61. The van der Waals surface area contributed by atoms with Crippen LogP contribution in [0.3, 0.4) is 0 Å². The predicted octanol–water partition coefficient (Wildman–Crippen LogP) is 1.38. The molecule has 2 saturated carbocycles. The first-order valence-electron chi connectivity index (χ1n) is 7.51. The Bertz CT molecular complexity index is 701. The molecule has 0 aromatic rings. The van der Waals surface area contributed by atoms with Crippen molar-refractivity contribution >= 4 is 22.1 Å². The fraction of sp³-hybridized carbons (Fsp3) is 0.846. The van der Waals surface area contributed by atoms with E-state index in [-0.39, 0.29) is 6.42 Å². The second kappa shape index (κ2) is 7.11. The van der Waals surface area contributed by atoms with Gasteiger partial charge in [0.05, 0.1) is 27.2 Å². The molecule has 27 heavy (non-hydrogen) atoms. The van der Waals surface area contributed by atoms with Crippen molar-refractivity contribution in [3.8, 4) is 0 Å². The monoisotopic (exact) mass is 427 g/mol. The van der Waals surface area contributed by atoms with Gasteiger partial charge in [-0.1, -0.05) is 0 Å². The molecule has 0 heterocycles. The Labute approximate surface area is 148 Å². The van der Waals surface area contributed by atoms with Gasteiger partial charge in [-0.25, -0.2) is 8.42 Å². The summed E-state index contributed by atoms with van der Waals surface area (Å²) in [6, 6.07) is 0. The zero-order valence-electron chi connectivity index (χ0n) is 13.2. The van der Waals surface area contributed by atoms with Gasteiger partial charge in [0.2, 0.25) is 0 Å². The first-order valence-corrected chi connectivity index (χ1v) is 8.99. The third-order valence-corrected chi connectivity index (χ3v) is 5.90. The standard InChI is InChI=1S/C13H14F6O7S/c14-12(15,16)3-25-10(20)8-5-1-6(7(2-5)27(22,23)24)9(8)11(21)26-4-13(17,18)19/h5-9H,1-4H2,(H,22,23,24)/p-1. The van der Waals surface area contributed by atoms with E-state index in [2.05, 4.69) is 9.47 Å². The summed E-state index contributed by atoms with van der Waals surface area (Å²) in [4.78, 5) is 24.0. The average Bonchev–Trinajstić information content (AvgIpc) is 3.06. The van der Waals surface area contributed by atoms with Crippen molar-refractivity contribution in [3.63, 3.8) is 0 Å². The minimum atomic E-state index is -4.94. The molecule has 0 aliphatic heterocycles. The van der Waals surface area contributed by atoms with E-state index in [4.69, 9.17) is 0 Å². The van der Waals surface area contributed by atoms with Gasteiger partial charge in [-0.3, -0.25) is 9.59 Å². The van der Waals surface area contributed by atoms with Gasteiger partial charge in [-0.05, 0) is 24.7 Å². The number of rotatable bonds is 5. The van der Waals surface area contributed by atoms with Crippen LogP contribution in [0.2, 0.25) is 0 Å². The average molecular weight is 427 g/mol. The molecule has 0 N–H and O–H groups in total. The summed E-state index contributed by atoms with van der Waals surface area (Å²) in [6.07, 6.45) is -10.4. The molecule has 0 spiro atoms. The van der Waals surface area contributed by atoms with Crippen molar-refractivity contribution in [3.05, 3.63) is 0 Å². The SMILES string of the molecule is O=C(OCC(F)(F)F)C1C2CC(C1C(=O)OCC(F)(F)F)C(S(=O)(=O)[O-])C2. The fourth-order valence-electron chi connectivity index (χ4n) is 3.79. The Morgan fingerprint density at radius 3 is 1.74 bits per heavy atom. The van der Waals surface area contributed by atoms with Crippen molar-refractivity contribution in [1.29, 1.82) is 0 Å². The molecule has 2 aliphatic rings. The third kappa shape index (κ3) is 5.24. The largest absolute Gasteiger partial charge is 0.748 e. The number of carbonyl (C=O) groups excluding carboxylic acids is 2. The first kappa shape index (κ1) is 21.7. The van der Waals surface area contributed by atoms with Gasteiger partial charge < -0.3 is 14.0 Å². The van der Waals surface area contributed by atoms with Crippen molar-refractivity contribution < 1.29 is 58.4 Å². The van der Waals surface area contributed by atoms with E-state index in [1.807, 2.05) is 0 Å². The van der Waals surface area contributed by atoms with E-state index in [1.54, 1.807) is 0 Å². The van der Waals surface area contributed by atoms with Crippen LogP contribution in [-0.2, 0) is 29.2 Å². The minimum Gasteiger partial charge on any atom is -0.748 e. The number of ether oxygens (including phenoxy) is 2. The molecular formula is C13H13F6O7S-. The number of esters is 2. The Hall–Kier alpha value is -1.57. The summed E-state index contributed by atoms with van der Waals surface area (Å²) in [5, 5.41) is -1.64. The highest BCUT2D eigenvalue weighted by molar-refractivity contribution is 7.86. The van der Waals surface area contributed by atoms with Crippen molar-refractivity contribution in [2.75, 3.05) is 13.2 Å². The van der Waals surface area contributed by atoms with E-state index in [9.17, 15) is 48.9 Å². The predicted molar refractivity (Wildman–Crippen MR) is 70.7 cm³/mol. The fourth-order valence-corrected chi connectivity index (χ4v) is 4.98. The topological polar surface area (TPSA) is 110 Å². The number of alkyl halides is 6. The van der Waals surface area contributed by atoms with Crippen molar-refractivity contribution in [2.45, 2.75) is 30.4 Å². The molecule has 2 bridgehead atoms. The molecule has 2 rings (SSSR count). The van der Waals surface area contributed by atoms with Crippen LogP contribution < -0.4 is 0 Å². The second-order valence-corrected chi connectivity index (χ2v) is 8.02. The molecule has 2 aliphatic carbocycles. The number of halogens is 6. The number of carbonyl (C=O) groups is 2. The van der Waals surface area contributed by atoms with Crippen LogP contribution in [-0.4, -0.2) is 55.7 Å². The molecule has 0 radical (unpaired) electrons. The van der Waals surface area contributed by atoms with Gasteiger partial charge in [-0.2, -0.15) is 26.3 Å². The molecule has 0 saturated heterocycles. The third-order valence-electron chi connectivity index (χ3n) is 4.61. The van der Waals surface area contributed by atoms with Crippen molar-refractivity contribution in [1.82, 2.24) is 0 Å². The molecule has 7 nitrogen and oxygen atoms in total. The van der Waals surface area contributed by atoms with Crippen LogP contribution in [0.1, 0.15) is 12.8 Å². The smallest absolute Gasteiger partial charge is 0.422 e. The molecule has 0 aromatic heterocycles. The van der Waals surface area contributed by atoms with Gasteiger partial charge in [0.25, 0.3) is 0 Å². The van der Waals surface area contributed by atoms with E-state index < -0.39 is 83.0 Å². The second-order valence-electron chi connectivity index (χ2n) is 6.42. The maximum Gasteiger partial charge on any atom is 0.422 e. The molecule has 5 atom stereocenters. The first-order chi connectivity index (χ1) is 12.1. The van der Waals surface area contributed by atoms with Crippen LogP contribution in [0.4, 0.5) is 26.3 Å². The Balaban J connectivity index is 2.22. The van der Waals surface area contributed by atoms with Crippen LogP contribution in [0.25, 0.3) is 0 Å². The van der Waals surface area contributed by atoms with Crippen LogP contribution in [0.15, 0.2) is 0 Å². The van der Waals surface area contributed by atoms with Crippen LogP contribution >= 0.6 is 0 Å². The number of hydrogen-bond acceptors (Lipinski definition) is 7. The van der Waals surface area contributed by atoms with Crippen LogP contribution in [0, 0.1) is 23.7 Å². The minimum absolute atomic E-state index is 0.205. The van der Waals surface area contributed by atoms with Gasteiger partial charge in [0.1, 0.15) is 0 Å². The van der Waals surface area contributed by atoms with E-state index >= 15 is 0 Å². The molecule has 156 valence electrons. The summed E-state index contributed by atoms with van der Waals surface area (Å²) in [5.41, 5.74) is 0. The lowest BCUT2D eigenvalue weighted by Gasteiger charge is -2.34. The van der Waals surface area contributed by atoms with Gasteiger partial charge in [0, 0.05) is 0 Å². The van der Waals surface area contributed by atoms with Crippen LogP contribution in [0.5, 0.6) is 0 Å². The van der Waals surface area contributed by atoms with Gasteiger partial charge in [-0.15, -0.1) is 0 Å². The Morgan fingerprint density at radius 2 is 1.33 bits per heavy atom. The summed E-state index contributed by atoms with van der Waals surface area (Å²) >= 11 is 0. The molecule has 2 fully saturated rings. The lowest BCUT2D eigenvalue weighted by molar-refractivity contribution is -0.198. The lowest BCUT2D eigenvalue weighted by atomic mass is 9.79.